The van der Waals surface area contributed by atoms with Crippen LogP contribution in [-0.2, 0) is 6.54 Å². The number of carbonyl (C=O) groups excluding carboxylic acids is 1. The topological polar surface area (TPSA) is 89.9 Å². The normalized spacial score (nSPS) is 17.5. The van der Waals surface area contributed by atoms with Gasteiger partial charge in [-0.05, 0) is 56.4 Å². The van der Waals surface area contributed by atoms with Crippen molar-refractivity contribution in [3.05, 3.63) is 46.5 Å². The molecule has 146 valence electrons. The zero-order valence-electron chi connectivity index (χ0n) is 16.9. The quantitative estimate of drug-likeness (QED) is 0.702. The summed E-state index contributed by atoms with van der Waals surface area (Å²) in [6.07, 6.45) is 4.34. The van der Waals surface area contributed by atoms with E-state index in [1.165, 1.54) is 17.5 Å². The molecular formula is C21H26N6O. The van der Waals surface area contributed by atoms with E-state index in [1.54, 1.807) is 6.92 Å². The summed E-state index contributed by atoms with van der Waals surface area (Å²) >= 11 is 0. The summed E-state index contributed by atoms with van der Waals surface area (Å²) in [5.74, 6) is 0.555. The Hall–Kier alpha value is -2.80. The third kappa shape index (κ3) is 3.05. The van der Waals surface area contributed by atoms with Gasteiger partial charge in [0.2, 0.25) is 0 Å². The molecule has 1 unspecified atom stereocenters. The molecule has 2 aromatic heterocycles. The van der Waals surface area contributed by atoms with Gasteiger partial charge < -0.3 is 10.3 Å². The highest BCUT2D eigenvalue weighted by Gasteiger charge is 2.27. The molecule has 2 N–H and O–H groups in total. The maximum Gasteiger partial charge on any atom is 0.165 e. The summed E-state index contributed by atoms with van der Waals surface area (Å²) < 4.78 is 2.11. The molecular weight excluding hydrogens is 352 g/mol. The summed E-state index contributed by atoms with van der Waals surface area (Å²) in [7, 11) is 0. The fraction of sp³-hybridized carbons (Fsp3) is 0.429. The van der Waals surface area contributed by atoms with Crippen molar-refractivity contribution in [2.45, 2.75) is 46.7 Å². The number of rotatable bonds is 4. The van der Waals surface area contributed by atoms with Crippen LogP contribution in [0.4, 0.5) is 5.82 Å². The molecule has 0 spiro atoms. The maximum atomic E-state index is 12.1. The summed E-state index contributed by atoms with van der Waals surface area (Å²) in [4.78, 5) is 27.3. The number of hydrogen-bond acceptors (Lipinski definition) is 6. The van der Waals surface area contributed by atoms with Gasteiger partial charge in [-0.2, -0.15) is 0 Å². The number of ketones is 1. The first kappa shape index (κ1) is 18.6. The fourth-order valence-electron chi connectivity index (χ4n) is 4.56. The molecule has 1 fully saturated rings. The molecule has 0 amide bonds. The molecule has 0 saturated carbocycles. The lowest BCUT2D eigenvalue weighted by atomic mass is 9.91. The van der Waals surface area contributed by atoms with Crippen molar-refractivity contribution >= 4 is 22.8 Å². The van der Waals surface area contributed by atoms with Crippen LogP contribution < -0.4 is 5.73 Å². The van der Waals surface area contributed by atoms with Crippen molar-refractivity contribution in [1.29, 1.82) is 0 Å². The second-order valence-electron chi connectivity index (χ2n) is 7.81. The van der Waals surface area contributed by atoms with E-state index in [0.29, 0.717) is 17.4 Å². The number of hydrogen-bond donors (Lipinski definition) is 1. The van der Waals surface area contributed by atoms with Crippen LogP contribution in [0.25, 0.3) is 11.2 Å². The van der Waals surface area contributed by atoms with Crippen molar-refractivity contribution < 1.29 is 4.79 Å². The van der Waals surface area contributed by atoms with E-state index in [-0.39, 0.29) is 5.78 Å². The second-order valence-corrected chi connectivity index (χ2v) is 7.81. The fourth-order valence-corrected chi connectivity index (χ4v) is 4.56. The maximum absolute atomic E-state index is 12.1. The minimum absolute atomic E-state index is 0.137. The molecule has 1 atom stereocenters. The number of nitrogens with zero attached hydrogens (tertiary/aromatic N) is 5. The lowest BCUT2D eigenvalue weighted by Gasteiger charge is -2.22. The molecule has 0 bridgehead atoms. The number of benzene rings is 1. The Bertz CT molecular complexity index is 1070. The van der Waals surface area contributed by atoms with Gasteiger partial charge in [-0.3, -0.25) is 9.69 Å². The average molecular weight is 378 g/mol. The molecule has 1 saturated heterocycles. The van der Waals surface area contributed by atoms with Crippen molar-refractivity contribution in [1.82, 2.24) is 24.4 Å². The summed E-state index contributed by atoms with van der Waals surface area (Å²) in [6, 6.07) is 2.44. The van der Waals surface area contributed by atoms with Gasteiger partial charge >= 0.3 is 0 Å². The number of likely N-dealkylation sites (tertiary alicyclic amines) is 1. The van der Waals surface area contributed by atoms with Gasteiger partial charge in [-0.15, -0.1) is 0 Å². The van der Waals surface area contributed by atoms with Crippen LogP contribution in [-0.4, -0.2) is 43.3 Å². The minimum atomic E-state index is 0.137. The number of nitrogen functional groups attached to an aromatic ring is 1. The predicted molar refractivity (Wildman–Crippen MR) is 109 cm³/mol. The van der Waals surface area contributed by atoms with E-state index in [0.717, 1.165) is 48.4 Å². The number of fused-ring (bicyclic) bond motifs is 1. The lowest BCUT2D eigenvalue weighted by Crippen LogP contribution is -2.23. The van der Waals surface area contributed by atoms with Crippen molar-refractivity contribution in [2.75, 3.05) is 18.8 Å². The van der Waals surface area contributed by atoms with E-state index < -0.39 is 0 Å². The Morgan fingerprint density at radius 3 is 2.75 bits per heavy atom. The van der Waals surface area contributed by atoms with E-state index in [2.05, 4.69) is 44.3 Å². The molecule has 3 aromatic rings. The van der Waals surface area contributed by atoms with Crippen LogP contribution in [0.15, 0.2) is 18.7 Å². The van der Waals surface area contributed by atoms with Gasteiger partial charge in [-0.1, -0.05) is 6.07 Å². The summed E-state index contributed by atoms with van der Waals surface area (Å²) in [5, 5.41) is 0. The minimum Gasteiger partial charge on any atom is -0.382 e. The Morgan fingerprint density at radius 2 is 2.00 bits per heavy atom. The largest absolute Gasteiger partial charge is 0.382 e. The van der Waals surface area contributed by atoms with E-state index >= 15 is 0 Å². The van der Waals surface area contributed by atoms with E-state index in [1.807, 2.05) is 13.3 Å². The van der Waals surface area contributed by atoms with Crippen LogP contribution in [0, 0.1) is 20.8 Å². The summed E-state index contributed by atoms with van der Waals surface area (Å²) in [6.45, 7) is 10.6. The highest BCUT2D eigenvalue weighted by molar-refractivity contribution is 5.97. The molecule has 1 aliphatic heterocycles. The first-order chi connectivity index (χ1) is 13.4. The average Bonchev–Trinajstić information content (AvgIpc) is 3.25. The summed E-state index contributed by atoms with van der Waals surface area (Å²) in [5.41, 5.74) is 12.9. The van der Waals surface area contributed by atoms with Crippen LogP contribution >= 0.6 is 0 Å². The number of Topliss-reactive ketones (excluding diaryl/α,β-unsaturated/α-hetero) is 1. The first-order valence-electron chi connectivity index (χ1n) is 9.62. The van der Waals surface area contributed by atoms with Gasteiger partial charge in [0.05, 0.1) is 12.4 Å². The number of aromatic nitrogens is 4. The lowest BCUT2D eigenvalue weighted by molar-refractivity contribution is 0.101. The Kier molecular flexibility index (Phi) is 4.63. The Morgan fingerprint density at radius 1 is 1.21 bits per heavy atom. The highest BCUT2D eigenvalue weighted by Crippen LogP contribution is 2.29. The molecule has 4 rings (SSSR count). The monoisotopic (exact) mass is 378 g/mol. The van der Waals surface area contributed by atoms with Crippen molar-refractivity contribution in [2.24, 2.45) is 0 Å². The van der Waals surface area contributed by atoms with Gasteiger partial charge in [0.1, 0.15) is 11.8 Å². The van der Waals surface area contributed by atoms with Gasteiger partial charge in [0.25, 0.3) is 0 Å². The zero-order valence-corrected chi connectivity index (χ0v) is 16.9. The predicted octanol–water partition coefficient (Wildman–Crippen LogP) is 2.98. The molecule has 1 aliphatic rings. The zero-order chi connectivity index (χ0) is 20.0. The van der Waals surface area contributed by atoms with Gasteiger partial charge in [0.15, 0.2) is 17.2 Å². The molecule has 3 heterocycles. The van der Waals surface area contributed by atoms with Gasteiger partial charge in [-0.25, -0.2) is 15.0 Å². The Labute approximate surface area is 164 Å². The molecule has 1 aromatic carbocycles. The highest BCUT2D eigenvalue weighted by atomic mass is 16.1. The first-order valence-corrected chi connectivity index (χ1v) is 9.62. The molecule has 0 radical (unpaired) electrons. The smallest absolute Gasteiger partial charge is 0.165 e. The number of imidazole rings is 1. The van der Waals surface area contributed by atoms with E-state index in [4.69, 9.17) is 5.73 Å². The van der Waals surface area contributed by atoms with Crippen LogP contribution in [0.2, 0.25) is 0 Å². The number of aryl methyl sites for hydroxylation is 2. The van der Waals surface area contributed by atoms with Crippen molar-refractivity contribution in [3.63, 3.8) is 0 Å². The second kappa shape index (κ2) is 6.98. The SMILES string of the molecule is CC(=O)c1c(C)cc(C)c(CN2CCC(n3cnc4c(N)ncnc43)C2)c1C. The molecule has 28 heavy (non-hydrogen) atoms. The number of anilines is 1. The standard InChI is InChI=1S/C21H26N6O/c1-12-7-13(2)18(15(4)28)14(3)17(12)9-26-6-5-16(8-26)27-11-25-19-20(22)23-10-24-21(19)27/h7,10-11,16H,5-6,8-9H2,1-4H3,(H2,22,23,24). The number of carbonyl (C=O) groups is 1. The van der Waals surface area contributed by atoms with Crippen LogP contribution in [0.5, 0.6) is 0 Å². The third-order valence-corrected chi connectivity index (χ3v) is 5.89. The van der Waals surface area contributed by atoms with Crippen LogP contribution in [0.1, 0.15) is 52.0 Å². The molecule has 7 nitrogen and oxygen atoms in total. The molecule has 0 aliphatic carbocycles. The third-order valence-electron chi connectivity index (χ3n) is 5.89. The Balaban J connectivity index is 1.58. The van der Waals surface area contributed by atoms with Crippen molar-refractivity contribution in [3.8, 4) is 0 Å². The van der Waals surface area contributed by atoms with E-state index in [9.17, 15) is 4.79 Å². The van der Waals surface area contributed by atoms with Crippen LogP contribution in [0.3, 0.4) is 0 Å². The van der Waals surface area contributed by atoms with Gasteiger partial charge in [0, 0.05) is 25.2 Å². The molecule has 7 heteroatoms. The number of nitrogens with two attached hydrogens (primary N) is 1.